The second-order valence-corrected chi connectivity index (χ2v) is 11.0. The van der Waals surface area contributed by atoms with Crippen LogP contribution in [0.15, 0.2) is 11.4 Å². The highest BCUT2D eigenvalue weighted by Gasteiger charge is 2.36. The topological polar surface area (TPSA) is 53.1 Å². The summed E-state index contributed by atoms with van der Waals surface area (Å²) in [4.78, 5) is 33.8. The minimum Gasteiger partial charge on any atom is -0.379 e. The SMILES string of the molecule is O=C(CN1CCOCC1)N1CCC(c2cc(C(=O)N3CCCC4CCCCC43)cs2)CC1. The van der Waals surface area contributed by atoms with Crippen molar-refractivity contribution in [1.29, 1.82) is 0 Å². The summed E-state index contributed by atoms with van der Waals surface area (Å²) >= 11 is 1.74. The van der Waals surface area contributed by atoms with Gasteiger partial charge in [0, 0.05) is 49.0 Å². The number of rotatable bonds is 4. The van der Waals surface area contributed by atoms with Gasteiger partial charge in [0.1, 0.15) is 0 Å². The number of carbonyl (C=O) groups excluding carboxylic acids is 2. The molecule has 2 unspecified atom stereocenters. The van der Waals surface area contributed by atoms with E-state index in [0.717, 1.165) is 76.7 Å². The minimum atomic E-state index is 0.250. The molecule has 0 spiro atoms. The molecule has 1 saturated carbocycles. The highest BCUT2D eigenvalue weighted by molar-refractivity contribution is 7.10. The van der Waals surface area contributed by atoms with E-state index in [1.165, 1.54) is 37.0 Å². The Bertz CT molecular complexity index is 796. The van der Waals surface area contributed by atoms with Crippen molar-refractivity contribution in [1.82, 2.24) is 14.7 Å². The van der Waals surface area contributed by atoms with Crippen molar-refractivity contribution in [2.45, 2.75) is 63.3 Å². The third-order valence-corrected chi connectivity index (χ3v) is 9.18. The molecule has 2 amide bonds. The summed E-state index contributed by atoms with van der Waals surface area (Å²) in [6.45, 7) is 6.26. The molecule has 4 fully saturated rings. The Morgan fingerprint density at radius 3 is 2.50 bits per heavy atom. The maximum absolute atomic E-state index is 13.3. The Morgan fingerprint density at radius 2 is 1.69 bits per heavy atom. The van der Waals surface area contributed by atoms with E-state index < -0.39 is 0 Å². The predicted molar refractivity (Wildman–Crippen MR) is 126 cm³/mol. The number of hydrogen-bond donors (Lipinski definition) is 0. The number of morpholine rings is 1. The summed E-state index contributed by atoms with van der Waals surface area (Å²) in [6, 6.07) is 2.63. The summed E-state index contributed by atoms with van der Waals surface area (Å²) in [6.07, 6.45) is 9.53. The van der Waals surface area contributed by atoms with Crippen molar-refractivity contribution in [2.24, 2.45) is 5.92 Å². The van der Waals surface area contributed by atoms with E-state index in [-0.39, 0.29) is 11.8 Å². The third-order valence-electron chi connectivity index (χ3n) is 8.08. The monoisotopic (exact) mass is 459 g/mol. The molecule has 176 valence electrons. The lowest BCUT2D eigenvalue weighted by atomic mass is 9.78. The molecule has 3 saturated heterocycles. The number of amides is 2. The van der Waals surface area contributed by atoms with E-state index in [4.69, 9.17) is 4.74 Å². The Labute approximate surface area is 195 Å². The third kappa shape index (κ3) is 4.90. The summed E-state index contributed by atoms with van der Waals surface area (Å²) in [5.74, 6) is 1.69. The van der Waals surface area contributed by atoms with Crippen LogP contribution in [0.1, 0.15) is 72.5 Å². The van der Waals surface area contributed by atoms with Gasteiger partial charge in [-0.15, -0.1) is 11.3 Å². The minimum absolute atomic E-state index is 0.250. The second kappa shape index (κ2) is 10.2. The van der Waals surface area contributed by atoms with Crippen LogP contribution < -0.4 is 0 Å². The lowest BCUT2D eigenvalue weighted by Crippen LogP contribution is -2.49. The van der Waals surface area contributed by atoms with E-state index in [0.29, 0.717) is 18.5 Å². The fourth-order valence-corrected chi connectivity index (χ4v) is 7.24. The van der Waals surface area contributed by atoms with Gasteiger partial charge in [-0.3, -0.25) is 14.5 Å². The summed E-state index contributed by atoms with van der Waals surface area (Å²) in [5.41, 5.74) is 0.891. The second-order valence-electron chi connectivity index (χ2n) is 10.0. The smallest absolute Gasteiger partial charge is 0.254 e. The zero-order valence-electron chi connectivity index (χ0n) is 19.2. The van der Waals surface area contributed by atoms with Crippen LogP contribution in [-0.2, 0) is 9.53 Å². The van der Waals surface area contributed by atoms with Crippen LogP contribution in [0, 0.1) is 5.92 Å². The maximum Gasteiger partial charge on any atom is 0.254 e. The average molecular weight is 460 g/mol. The van der Waals surface area contributed by atoms with Crippen molar-refractivity contribution in [2.75, 3.05) is 52.5 Å². The fourth-order valence-electron chi connectivity index (χ4n) is 6.19. The van der Waals surface area contributed by atoms with Crippen molar-refractivity contribution in [3.63, 3.8) is 0 Å². The number of carbonyl (C=O) groups is 2. The van der Waals surface area contributed by atoms with E-state index in [1.807, 2.05) is 4.90 Å². The zero-order chi connectivity index (χ0) is 21.9. The molecule has 1 aromatic rings. The maximum atomic E-state index is 13.3. The van der Waals surface area contributed by atoms with E-state index in [1.54, 1.807) is 11.3 Å². The molecule has 1 aromatic heterocycles. The number of nitrogens with zero attached hydrogens (tertiary/aromatic N) is 3. The van der Waals surface area contributed by atoms with Crippen molar-refractivity contribution in [3.8, 4) is 0 Å². The van der Waals surface area contributed by atoms with Gasteiger partial charge in [0.2, 0.25) is 5.91 Å². The van der Waals surface area contributed by atoms with Crippen LogP contribution in [0.25, 0.3) is 0 Å². The number of ether oxygens (including phenoxy) is 1. The Hall–Kier alpha value is -1.44. The molecule has 4 heterocycles. The number of thiophene rings is 1. The van der Waals surface area contributed by atoms with Gasteiger partial charge in [0.15, 0.2) is 0 Å². The number of piperidine rings is 2. The van der Waals surface area contributed by atoms with Crippen molar-refractivity contribution >= 4 is 23.2 Å². The molecule has 1 aliphatic carbocycles. The molecular weight excluding hydrogens is 422 g/mol. The first kappa shape index (κ1) is 22.4. The van der Waals surface area contributed by atoms with Gasteiger partial charge >= 0.3 is 0 Å². The molecule has 0 radical (unpaired) electrons. The van der Waals surface area contributed by atoms with Gasteiger partial charge in [-0.2, -0.15) is 0 Å². The molecule has 6 nitrogen and oxygen atoms in total. The summed E-state index contributed by atoms with van der Waals surface area (Å²) in [7, 11) is 0. The normalized spacial score (nSPS) is 27.9. The van der Waals surface area contributed by atoms with E-state index in [9.17, 15) is 9.59 Å². The number of fused-ring (bicyclic) bond motifs is 1. The quantitative estimate of drug-likeness (QED) is 0.691. The molecule has 0 bridgehead atoms. The molecule has 4 aliphatic rings. The van der Waals surface area contributed by atoms with Crippen LogP contribution in [0.5, 0.6) is 0 Å². The largest absolute Gasteiger partial charge is 0.379 e. The van der Waals surface area contributed by atoms with Crippen molar-refractivity contribution < 1.29 is 14.3 Å². The predicted octanol–water partition coefficient (Wildman–Crippen LogP) is 3.58. The van der Waals surface area contributed by atoms with Crippen molar-refractivity contribution in [3.05, 3.63) is 21.9 Å². The molecule has 5 rings (SSSR count). The van der Waals surface area contributed by atoms with E-state index >= 15 is 0 Å². The Morgan fingerprint density at radius 1 is 0.938 bits per heavy atom. The molecule has 0 aromatic carbocycles. The van der Waals surface area contributed by atoms with Gasteiger partial charge in [0.05, 0.1) is 25.3 Å². The first-order valence-electron chi connectivity index (χ1n) is 12.7. The first-order chi connectivity index (χ1) is 15.7. The lowest BCUT2D eigenvalue weighted by molar-refractivity contribution is -0.134. The van der Waals surface area contributed by atoms with Crippen LogP contribution in [-0.4, -0.2) is 85.0 Å². The lowest BCUT2D eigenvalue weighted by Gasteiger charge is -2.44. The number of hydrogen-bond acceptors (Lipinski definition) is 5. The van der Waals surface area contributed by atoms with Gasteiger partial charge in [-0.1, -0.05) is 12.8 Å². The fraction of sp³-hybridized carbons (Fsp3) is 0.760. The zero-order valence-corrected chi connectivity index (χ0v) is 20.0. The number of likely N-dealkylation sites (tertiary alicyclic amines) is 2. The molecule has 7 heteroatoms. The Kier molecular flexibility index (Phi) is 7.14. The van der Waals surface area contributed by atoms with Gasteiger partial charge in [-0.05, 0) is 56.4 Å². The van der Waals surface area contributed by atoms with Crippen LogP contribution in [0.2, 0.25) is 0 Å². The average Bonchev–Trinajstić information content (AvgIpc) is 3.34. The standard InChI is InChI=1S/C25H37N3O3S/c29-24(17-26-12-14-31-15-13-26)27-10-7-20(8-11-27)23-16-21(18-32-23)25(30)28-9-3-5-19-4-1-2-6-22(19)28/h16,18-20,22H,1-15,17H2. The molecule has 0 N–H and O–H groups in total. The van der Waals surface area contributed by atoms with Gasteiger partial charge < -0.3 is 14.5 Å². The van der Waals surface area contributed by atoms with E-state index in [2.05, 4.69) is 21.2 Å². The van der Waals surface area contributed by atoms with Gasteiger partial charge in [-0.25, -0.2) is 0 Å². The van der Waals surface area contributed by atoms with Crippen LogP contribution in [0.3, 0.4) is 0 Å². The summed E-state index contributed by atoms with van der Waals surface area (Å²) in [5, 5.41) is 2.08. The first-order valence-corrected chi connectivity index (χ1v) is 13.5. The highest BCUT2D eigenvalue weighted by atomic mass is 32.1. The van der Waals surface area contributed by atoms with Gasteiger partial charge in [0.25, 0.3) is 5.91 Å². The van der Waals surface area contributed by atoms with Crippen LogP contribution >= 0.6 is 11.3 Å². The summed E-state index contributed by atoms with van der Waals surface area (Å²) < 4.78 is 5.38. The molecule has 3 aliphatic heterocycles. The Balaban J connectivity index is 1.15. The molecule has 32 heavy (non-hydrogen) atoms. The molecular formula is C25H37N3O3S. The molecule has 2 atom stereocenters. The van der Waals surface area contributed by atoms with Crippen LogP contribution in [0.4, 0.5) is 0 Å². The highest BCUT2D eigenvalue weighted by Crippen LogP contribution is 2.37.